The Morgan fingerprint density at radius 2 is 2.18 bits per heavy atom. The maximum atomic E-state index is 6.22. The number of rotatable bonds is 4. The summed E-state index contributed by atoms with van der Waals surface area (Å²) in [5.41, 5.74) is 9.61. The Kier molecular flexibility index (Phi) is 3.59. The standard InChI is InChI=1S/C14H19N3/c1-3-5-11-6-4-7-12(10-11)14(15)13-8-9-17(2)16-13/h4,6-10,14H,3,5,15H2,1-2H3. The van der Waals surface area contributed by atoms with E-state index in [1.54, 1.807) is 4.68 Å². The lowest BCUT2D eigenvalue weighted by Gasteiger charge is -2.10. The molecule has 1 aromatic carbocycles. The van der Waals surface area contributed by atoms with Crippen molar-refractivity contribution in [1.29, 1.82) is 0 Å². The molecule has 0 saturated heterocycles. The zero-order chi connectivity index (χ0) is 12.3. The Labute approximate surface area is 102 Å². The fourth-order valence-electron chi connectivity index (χ4n) is 2.00. The van der Waals surface area contributed by atoms with Crippen LogP contribution in [-0.2, 0) is 13.5 Å². The fraction of sp³-hybridized carbons (Fsp3) is 0.357. The third-order valence-electron chi connectivity index (χ3n) is 2.90. The van der Waals surface area contributed by atoms with Crippen LogP contribution < -0.4 is 5.73 Å². The average molecular weight is 229 g/mol. The molecule has 2 rings (SSSR count). The van der Waals surface area contributed by atoms with Gasteiger partial charge in [0.1, 0.15) is 0 Å². The molecular weight excluding hydrogens is 210 g/mol. The monoisotopic (exact) mass is 229 g/mol. The van der Waals surface area contributed by atoms with E-state index >= 15 is 0 Å². The van der Waals surface area contributed by atoms with E-state index < -0.39 is 0 Å². The van der Waals surface area contributed by atoms with Crippen LogP contribution in [0.1, 0.15) is 36.2 Å². The minimum absolute atomic E-state index is 0.131. The van der Waals surface area contributed by atoms with Crippen LogP contribution in [0.5, 0.6) is 0 Å². The zero-order valence-corrected chi connectivity index (χ0v) is 10.4. The topological polar surface area (TPSA) is 43.8 Å². The molecule has 0 aliphatic heterocycles. The lowest BCUT2D eigenvalue weighted by Crippen LogP contribution is -2.13. The van der Waals surface area contributed by atoms with E-state index in [1.165, 1.54) is 5.56 Å². The molecule has 0 saturated carbocycles. The molecule has 1 unspecified atom stereocenters. The van der Waals surface area contributed by atoms with E-state index in [4.69, 9.17) is 5.73 Å². The summed E-state index contributed by atoms with van der Waals surface area (Å²) in [6.07, 6.45) is 4.18. The van der Waals surface area contributed by atoms with Crippen LogP contribution in [0.3, 0.4) is 0 Å². The Hall–Kier alpha value is -1.61. The first kappa shape index (κ1) is 11.9. The summed E-state index contributed by atoms with van der Waals surface area (Å²) in [5.74, 6) is 0. The molecule has 0 amide bonds. The molecule has 3 heteroatoms. The van der Waals surface area contributed by atoms with E-state index in [0.717, 1.165) is 24.1 Å². The van der Waals surface area contributed by atoms with Gasteiger partial charge in [-0.25, -0.2) is 0 Å². The number of aryl methyl sites for hydroxylation is 2. The van der Waals surface area contributed by atoms with E-state index in [-0.39, 0.29) is 6.04 Å². The molecule has 2 N–H and O–H groups in total. The molecular formula is C14H19N3. The normalized spacial score (nSPS) is 12.6. The molecule has 1 aromatic heterocycles. The van der Waals surface area contributed by atoms with Gasteiger partial charge in [-0.15, -0.1) is 0 Å². The summed E-state index contributed by atoms with van der Waals surface area (Å²) in [7, 11) is 1.91. The quantitative estimate of drug-likeness (QED) is 0.875. The summed E-state index contributed by atoms with van der Waals surface area (Å²) in [5, 5.41) is 4.35. The van der Waals surface area contributed by atoms with Crippen molar-refractivity contribution in [3.8, 4) is 0 Å². The molecule has 17 heavy (non-hydrogen) atoms. The van der Waals surface area contributed by atoms with Crippen molar-refractivity contribution in [2.45, 2.75) is 25.8 Å². The van der Waals surface area contributed by atoms with E-state index in [9.17, 15) is 0 Å². The molecule has 1 atom stereocenters. The maximum Gasteiger partial charge on any atom is 0.0837 e. The second kappa shape index (κ2) is 5.15. The third-order valence-corrected chi connectivity index (χ3v) is 2.90. The van der Waals surface area contributed by atoms with Gasteiger partial charge in [0, 0.05) is 13.2 Å². The van der Waals surface area contributed by atoms with Gasteiger partial charge in [-0.05, 0) is 23.6 Å². The van der Waals surface area contributed by atoms with Gasteiger partial charge in [0.15, 0.2) is 0 Å². The highest BCUT2D eigenvalue weighted by atomic mass is 15.3. The van der Waals surface area contributed by atoms with Crippen LogP contribution in [0.4, 0.5) is 0 Å². The summed E-state index contributed by atoms with van der Waals surface area (Å²) in [4.78, 5) is 0. The Morgan fingerprint density at radius 1 is 1.35 bits per heavy atom. The lowest BCUT2D eigenvalue weighted by molar-refractivity contribution is 0.715. The Bertz CT molecular complexity index is 488. The summed E-state index contributed by atoms with van der Waals surface area (Å²) in [6, 6.07) is 10.3. The summed E-state index contributed by atoms with van der Waals surface area (Å²) >= 11 is 0. The first-order valence-electron chi connectivity index (χ1n) is 6.04. The highest BCUT2D eigenvalue weighted by Gasteiger charge is 2.11. The third kappa shape index (κ3) is 2.74. The van der Waals surface area contributed by atoms with Crippen LogP contribution in [0.2, 0.25) is 0 Å². The van der Waals surface area contributed by atoms with Gasteiger partial charge in [-0.3, -0.25) is 4.68 Å². The van der Waals surface area contributed by atoms with E-state index in [0.29, 0.717) is 0 Å². The van der Waals surface area contributed by atoms with Gasteiger partial charge in [0.2, 0.25) is 0 Å². The molecule has 1 heterocycles. The van der Waals surface area contributed by atoms with Crippen molar-refractivity contribution in [2.24, 2.45) is 12.8 Å². The molecule has 0 aliphatic rings. The van der Waals surface area contributed by atoms with E-state index in [2.05, 4.69) is 36.3 Å². The van der Waals surface area contributed by atoms with Gasteiger partial charge in [-0.2, -0.15) is 5.10 Å². The smallest absolute Gasteiger partial charge is 0.0837 e. The van der Waals surface area contributed by atoms with E-state index in [1.807, 2.05) is 19.3 Å². The molecule has 3 nitrogen and oxygen atoms in total. The van der Waals surface area contributed by atoms with Gasteiger partial charge in [0.05, 0.1) is 11.7 Å². The SMILES string of the molecule is CCCc1cccc(C(N)c2ccn(C)n2)c1. The molecule has 0 bridgehead atoms. The molecule has 0 radical (unpaired) electrons. The van der Waals surface area contributed by atoms with Crippen LogP contribution >= 0.6 is 0 Å². The van der Waals surface area contributed by atoms with Gasteiger partial charge in [-0.1, -0.05) is 37.6 Å². The van der Waals surface area contributed by atoms with Gasteiger partial charge < -0.3 is 5.73 Å². The minimum atomic E-state index is -0.131. The highest BCUT2D eigenvalue weighted by Crippen LogP contribution is 2.19. The number of nitrogens with two attached hydrogens (primary N) is 1. The van der Waals surface area contributed by atoms with Crippen LogP contribution in [-0.4, -0.2) is 9.78 Å². The van der Waals surface area contributed by atoms with Crippen LogP contribution in [0.15, 0.2) is 36.5 Å². The van der Waals surface area contributed by atoms with Crippen molar-refractivity contribution in [3.05, 3.63) is 53.3 Å². The predicted octanol–water partition coefficient (Wildman–Crippen LogP) is 2.42. The molecule has 2 aromatic rings. The molecule has 0 fully saturated rings. The molecule has 90 valence electrons. The van der Waals surface area contributed by atoms with Gasteiger partial charge in [0.25, 0.3) is 0 Å². The predicted molar refractivity (Wildman–Crippen MR) is 69.7 cm³/mol. The Balaban J connectivity index is 2.24. The number of hydrogen-bond donors (Lipinski definition) is 1. The van der Waals surface area contributed by atoms with Crippen LogP contribution in [0.25, 0.3) is 0 Å². The first-order chi connectivity index (χ1) is 8.20. The number of nitrogens with zero attached hydrogens (tertiary/aromatic N) is 2. The van der Waals surface area contributed by atoms with Crippen molar-refractivity contribution in [3.63, 3.8) is 0 Å². The van der Waals surface area contributed by atoms with Crippen molar-refractivity contribution in [2.75, 3.05) is 0 Å². The largest absolute Gasteiger partial charge is 0.319 e. The number of hydrogen-bond acceptors (Lipinski definition) is 2. The van der Waals surface area contributed by atoms with Crippen LogP contribution in [0, 0.1) is 0 Å². The van der Waals surface area contributed by atoms with Crippen molar-refractivity contribution in [1.82, 2.24) is 9.78 Å². The minimum Gasteiger partial charge on any atom is -0.319 e. The zero-order valence-electron chi connectivity index (χ0n) is 10.4. The van der Waals surface area contributed by atoms with Crippen molar-refractivity contribution < 1.29 is 0 Å². The maximum absolute atomic E-state index is 6.22. The highest BCUT2D eigenvalue weighted by molar-refractivity contribution is 5.30. The summed E-state index contributed by atoms with van der Waals surface area (Å²) < 4.78 is 1.78. The van der Waals surface area contributed by atoms with Gasteiger partial charge >= 0.3 is 0 Å². The molecule has 0 aliphatic carbocycles. The lowest BCUT2D eigenvalue weighted by atomic mass is 10.0. The second-order valence-electron chi connectivity index (χ2n) is 4.39. The summed E-state index contributed by atoms with van der Waals surface area (Å²) in [6.45, 7) is 2.19. The Morgan fingerprint density at radius 3 is 2.82 bits per heavy atom. The molecule has 0 spiro atoms. The number of benzene rings is 1. The first-order valence-corrected chi connectivity index (χ1v) is 6.04. The second-order valence-corrected chi connectivity index (χ2v) is 4.39. The van der Waals surface area contributed by atoms with Crippen molar-refractivity contribution >= 4 is 0 Å². The number of aromatic nitrogens is 2. The average Bonchev–Trinajstić information content (AvgIpc) is 2.76. The fourth-order valence-corrected chi connectivity index (χ4v) is 2.00.